The van der Waals surface area contributed by atoms with Crippen molar-refractivity contribution >= 4 is 22.6 Å². The summed E-state index contributed by atoms with van der Waals surface area (Å²) in [6.45, 7) is 3.43. The Bertz CT molecular complexity index is 1240. The summed E-state index contributed by atoms with van der Waals surface area (Å²) < 4.78 is 5.65. The maximum atomic E-state index is 13.4. The second-order valence-electron chi connectivity index (χ2n) is 8.18. The van der Waals surface area contributed by atoms with Gasteiger partial charge in [-0.15, -0.1) is 0 Å². The molecule has 5 heteroatoms. The first-order valence-electron chi connectivity index (χ1n) is 10.1. The minimum atomic E-state index is -0.0818. The van der Waals surface area contributed by atoms with E-state index in [1.807, 2.05) is 42.5 Å². The molecule has 3 heterocycles. The number of likely N-dealkylation sites (tertiary alicyclic amines) is 1. The highest BCUT2D eigenvalue weighted by atomic mass is 16.5. The smallest absolute Gasteiger partial charge is 0.274 e. The van der Waals surface area contributed by atoms with Gasteiger partial charge in [-0.25, -0.2) is 0 Å². The Morgan fingerprint density at radius 3 is 2.97 bits per heavy atom. The lowest BCUT2D eigenvalue weighted by Crippen LogP contribution is -2.29. The Morgan fingerprint density at radius 1 is 1.21 bits per heavy atom. The summed E-state index contributed by atoms with van der Waals surface area (Å²) in [7, 11) is 0. The van der Waals surface area contributed by atoms with Gasteiger partial charge in [0.05, 0.1) is 6.61 Å². The first-order chi connectivity index (χ1) is 14.1. The van der Waals surface area contributed by atoms with Crippen LogP contribution >= 0.6 is 0 Å². The van der Waals surface area contributed by atoms with Crippen molar-refractivity contribution in [3.63, 3.8) is 0 Å². The lowest BCUT2D eigenvalue weighted by Gasteiger charge is -2.25. The molecule has 3 aliphatic rings. The van der Waals surface area contributed by atoms with Crippen molar-refractivity contribution < 1.29 is 14.3 Å². The molecule has 2 atom stereocenters. The van der Waals surface area contributed by atoms with Crippen molar-refractivity contribution in [2.24, 2.45) is 5.92 Å². The third-order valence-corrected chi connectivity index (χ3v) is 6.47. The average molecular weight is 384 g/mol. The van der Waals surface area contributed by atoms with Gasteiger partial charge in [0.1, 0.15) is 11.4 Å². The number of nitrogens with zero attached hydrogens (tertiary/aromatic N) is 1. The number of rotatable bonds is 1. The van der Waals surface area contributed by atoms with Gasteiger partial charge in [-0.1, -0.05) is 31.2 Å². The molecular weight excluding hydrogens is 364 g/mol. The van der Waals surface area contributed by atoms with E-state index in [1.54, 1.807) is 11.0 Å². The summed E-state index contributed by atoms with van der Waals surface area (Å²) in [5, 5.41) is 1.05. The van der Waals surface area contributed by atoms with E-state index in [0.717, 1.165) is 45.5 Å². The molecule has 0 radical (unpaired) electrons. The third-order valence-electron chi connectivity index (χ3n) is 6.47. The highest BCUT2D eigenvalue weighted by Gasteiger charge is 2.42. The Balaban J connectivity index is 1.41. The van der Waals surface area contributed by atoms with Gasteiger partial charge in [0, 0.05) is 52.7 Å². The molecule has 29 heavy (non-hydrogen) atoms. The van der Waals surface area contributed by atoms with Crippen LogP contribution in [0.15, 0.2) is 54.2 Å². The van der Waals surface area contributed by atoms with Gasteiger partial charge in [-0.05, 0) is 29.7 Å². The summed E-state index contributed by atoms with van der Waals surface area (Å²) in [4.78, 5) is 31.2. The number of hydrogen-bond donors (Lipinski definition) is 1. The van der Waals surface area contributed by atoms with Crippen molar-refractivity contribution in [2.75, 3.05) is 13.2 Å². The molecule has 144 valence electrons. The molecule has 1 fully saturated rings. The topological polar surface area (TPSA) is 62.4 Å². The molecule has 1 unspecified atom stereocenters. The molecular formula is C24H20N2O3. The highest BCUT2D eigenvalue weighted by Crippen LogP contribution is 2.45. The van der Waals surface area contributed by atoms with E-state index < -0.39 is 0 Å². The Hall–Kier alpha value is -3.34. The van der Waals surface area contributed by atoms with Crippen molar-refractivity contribution in [3.8, 4) is 5.75 Å². The zero-order valence-corrected chi connectivity index (χ0v) is 16.1. The van der Waals surface area contributed by atoms with E-state index in [9.17, 15) is 9.59 Å². The zero-order valence-electron chi connectivity index (χ0n) is 16.1. The van der Waals surface area contributed by atoms with Gasteiger partial charge < -0.3 is 14.6 Å². The van der Waals surface area contributed by atoms with E-state index in [-0.39, 0.29) is 23.5 Å². The lowest BCUT2D eigenvalue weighted by atomic mass is 9.80. The monoisotopic (exact) mass is 384 g/mol. The van der Waals surface area contributed by atoms with Crippen LogP contribution in [0.1, 0.15) is 44.8 Å². The zero-order chi connectivity index (χ0) is 19.7. The number of amides is 1. The van der Waals surface area contributed by atoms with Crippen molar-refractivity contribution in [3.05, 3.63) is 76.6 Å². The minimum absolute atomic E-state index is 0.0228. The first kappa shape index (κ1) is 16.6. The standard InChI is InChI=1S/C24H20N2O3/c1-13-12-26(20-11-21(27)14-4-2-3-5-16(14)23(13)20)24(28)19-10-17-15-8-9-29-22(15)7-6-18(17)25-19/h2-7,10-11,13,23,25H,8-9,12H2,1H3/t13-,23?/m1/s1. The number of fused-ring (bicyclic) bond motifs is 6. The Kier molecular flexibility index (Phi) is 3.34. The SMILES string of the molecule is C[C@@H]1CN(C(=O)c2cc3c4c(ccc3[nH]2)OCC4)C2=CC(=O)c3ccccc3C21. The second kappa shape index (κ2) is 5.83. The number of aromatic nitrogens is 1. The van der Waals surface area contributed by atoms with Crippen LogP contribution in [0, 0.1) is 5.92 Å². The van der Waals surface area contributed by atoms with Gasteiger partial charge in [-0.2, -0.15) is 0 Å². The second-order valence-corrected chi connectivity index (χ2v) is 8.18. The van der Waals surface area contributed by atoms with Gasteiger partial charge in [-0.3, -0.25) is 9.59 Å². The molecule has 1 saturated heterocycles. The van der Waals surface area contributed by atoms with Crippen molar-refractivity contribution in [1.82, 2.24) is 9.88 Å². The molecule has 5 nitrogen and oxygen atoms in total. The van der Waals surface area contributed by atoms with Crippen LogP contribution in [-0.2, 0) is 6.42 Å². The third kappa shape index (κ3) is 2.27. The maximum Gasteiger partial charge on any atom is 0.274 e. The number of H-pyrrole nitrogens is 1. The number of allylic oxidation sites excluding steroid dienone is 2. The van der Waals surface area contributed by atoms with Crippen molar-refractivity contribution in [1.29, 1.82) is 0 Å². The van der Waals surface area contributed by atoms with E-state index in [2.05, 4.69) is 11.9 Å². The number of ketones is 1. The molecule has 2 aliphatic heterocycles. The average Bonchev–Trinajstić information content (AvgIpc) is 3.43. The van der Waals surface area contributed by atoms with Gasteiger partial charge >= 0.3 is 0 Å². The summed E-state index contributed by atoms with van der Waals surface area (Å²) in [5.41, 5.74) is 5.26. The predicted octanol–water partition coefficient (Wildman–Crippen LogP) is 4.06. The molecule has 1 aliphatic carbocycles. The fourth-order valence-electron chi connectivity index (χ4n) is 5.16. The van der Waals surface area contributed by atoms with Gasteiger partial charge in [0.15, 0.2) is 5.78 Å². The summed E-state index contributed by atoms with van der Waals surface area (Å²) in [5.74, 6) is 1.13. The minimum Gasteiger partial charge on any atom is -0.493 e. The molecule has 1 N–H and O–H groups in total. The summed E-state index contributed by atoms with van der Waals surface area (Å²) >= 11 is 0. The number of carbonyl (C=O) groups excluding carboxylic acids is 2. The molecule has 1 amide bonds. The summed E-state index contributed by atoms with van der Waals surface area (Å²) in [6.07, 6.45) is 2.51. The molecule has 6 rings (SSSR count). The first-order valence-corrected chi connectivity index (χ1v) is 10.1. The Labute approximate surface area is 168 Å². The number of ether oxygens (including phenoxy) is 1. The van der Waals surface area contributed by atoms with Crippen LogP contribution in [0.4, 0.5) is 0 Å². The fraction of sp³-hybridized carbons (Fsp3) is 0.250. The summed E-state index contributed by atoms with van der Waals surface area (Å²) in [6, 6.07) is 13.6. The largest absolute Gasteiger partial charge is 0.493 e. The van der Waals surface area contributed by atoms with Crippen LogP contribution in [0.5, 0.6) is 5.75 Å². The quantitative estimate of drug-likeness (QED) is 0.688. The maximum absolute atomic E-state index is 13.4. The van der Waals surface area contributed by atoms with Crippen LogP contribution in [-0.4, -0.2) is 34.7 Å². The van der Waals surface area contributed by atoms with Crippen LogP contribution in [0.3, 0.4) is 0 Å². The van der Waals surface area contributed by atoms with Crippen molar-refractivity contribution in [2.45, 2.75) is 19.3 Å². The van der Waals surface area contributed by atoms with E-state index in [1.165, 1.54) is 0 Å². The van der Waals surface area contributed by atoms with E-state index >= 15 is 0 Å². The number of benzene rings is 2. The molecule has 0 bridgehead atoms. The molecule has 0 saturated carbocycles. The van der Waals surface area contributed by atoms with E-state index in [4.69, 9.17) is 4.74 Å². The normalized spacial score (nSPS) is 22.2. The molecule has 3 aromatic rings. The molecule has 2 aromatic carbocycles. The lowest BCUT2D eigenvalue weighted by molar-refractivity contribution is 0.0814. The number of carbonyl (C=O) groups is 2. The fourth-order valence-corrected chi connectivity index (χ4v) is 5.16. The van der Waals surface area contributed by atoms with Gasteiger partial charge in [0.25, 0.3) is 5.91 Å². The van der Waals surface area contributed by atoms with Crippen LogP contribution in [0.25, 0.3) is 10.9 Å². The highest BCUT2D eigenvalue weighted by molar-refractivity contribution is 6.09. The Morgan fingerprint density at radius 2 is 2.07 bits per heavy atom. The molecule has 0 spiro atoms. The number of aromatic amines is 1. The van der Waals surface area contributed by atoms with Crippen LogP contribution in [0.2, 0.25) is 0 Å². The number of hydrogen-bond acceptors (Lipinski definition) is 3. The van der Waals surface area contributed by atoms with Crippen LogP contribution < -0.4 is 4.74 Å². The predicted molar refractivity (Wildman–Crippen MR) is 109 cm³/mol. The van der Waals surface area contributed by atoms with E-state index in [0.29, 0.717) is 18.8 Å². The van der Waals surface area contributed by atoms with Gasteiger partial charge in [0.2, 0.25) is 0 Å². The number of nitrogens with one attached hydrogen (secondary N) is 1. The molecule has 1 aromatic heterocycles.